The van der Waals surface area contributed by atoms with Crippen molar-refractivity contribution in [2.24, 2.45) is 7.05 Å². The minimum atomic E-state index is -0.566. The van der Waals surface area contributed by atoms with Crippen molar-refractivity contribution in [1.29, 1.82) is 0 Å². The normalized spacial score (nSPS) is 22.9. The number of hydrogen-bond donors (Lipinski definition) is 1. The standard InChI is InChI=1S/C19H26N4O3/c1-23-11-8-14(13-23)16(24)21-19(9-4-2-3-5-10-19)18-20-17(26-22-18)15-7-6-12-25-15/h8,11,13,15H,2-7,9-10,12H2,1H3,(H,21,24). The molecule has 2 aromatic rings. The lowest BCUT2D eigenvalue weighted by Crippen LogP contribution is -2.46. The largest absolute Gasteiger partial charge is 0.368 e. The summed E-state index contributed by atoms with van der Waals surface area (Å²) in [7, 11) is 1.91. The molecule has 1 N–H and O–H groups in total. The zero-order valence-electron chi connectivity index (χ0n) is 15.2. The van der Waals surface area contributed by atoms with Crippen molar-refractivity contribution in [3.8, 4) is 0 Å². The fourth-order valence-corrected chi connectivity index (χ4v) is 4.00. The molecule has 1 saturated carbocycles. The van der Waals surface area contributed by atoms with Gasteiger partial charge in [-0.2, -0.15) is 4.98 Å². The molecule has 2 aromatic heterocycles. The van der Waals surface area contributed by atoms with Crippen molar-refractivity contribution in [2.45, 2.75) is 63.0 Å². The van der Waals surface area contributed by atoms with E-state index in [1.807, 2.05) is 30.1 Å². The smallest absolute Gasteiger partial charge is 0.255 e. The second kappa shape index (κ2) is 7.23. The van der Waals surface area contributed by atoms with E-state index < -0.39 is 5.54 Å². The SMILES string of the molecule is Cn1ccc(C(=O)NC2(c3noc(C4CCCO4)n3)CCCCCC2)c1. The van der Waals surface area contributed by atoms with Crippen LogP contribution in [0.3, 0.4) is 0 Å². The Labute approximate surface area is 153 Å². The highest BCUT2D eigenvalue weighted by atomic mass is 16.5. The van der Waals surface area contributed by atoms with Crippen LogP contribution in [-0.2, 0) is 17.3 Å². The number of carbonyl (C=O) groups is 1. The molecule has 1 unspecified atom stereocenters. The molecule has 1 saturated heterocycles. The van der Waals surface area contributed by atoms with Gasteiger partial charge in [0.15, 0.2) is 5.82 Å². The highest BCUT2D eigenvalue weighted by Crippen LogP contribution is 2.36. The van der Waals surface area contributed by atoms with E-state index in [2.05, 4.69) is 15.5 Å². The lowest BCUT2D eigenvalue weighted by atomic mass is 9.88. The fraction of sp³-hybridized carbons (Fsp3) is 0.632. The van der Waals surface area contributed by atoms with Gasteiger partial charge in [0.2, 0.25) is 0 Å². The number of aromatic nitrogens is 3. The van der Waals surface area contributed by atoms with Crippen molar-refractivity contribution < 1.29 is 14.1 Å². The summed E-state index contributed by atoms with van der Waals surface area (Å²) >= 11 is 0. The Morgan fingerprint density at radius 3 is 2.73 bits per heavy atom. The number of hydrogen-bond acceptors (Lipinski definition) is 5. The maximum absolute atomic E-state index is 12.8. The quantitative estimate of drug-likeness (QED) is 0.849. The Morgan fingerprint density at radius 1 is 1.27 bits per heavy atom. The Balaban J connectivity index is 1.61. The number of nitrogens with one attached hydrogen (secondary N) is 1. The highest BCUT2D eigenvalue weighted by Gasteiger charge is 2.40. The van der Waals surface area contributed by atoms with Crippen molar-refractivity contribution in [3.63, 3.8) is 0 Å². The van der Waals surface area contributed by atoms with Gasteiger partial charge in [-0.1, -0.05) is 30.8 Å². The van der Waals surface area contributed by atoms with E-state index in [0.29, 0.717) is 17.3 Å². The molecule has 4 rings (SSSR count). The molecule has 1 aliphatic heterocycles. The lowest BCUT2D eigenvalue weighted by Gasteiger charge is -2.30. The average molecular weight is 358 g/mol. The molecule has 1 atom stereocenters. The minimum absolute atomic E-state index is 0.0871. The van der Waals surface area contributed by atoms with Crippen LogP contribution < -0.4 is 5.32 Å². The third kappa shape index (κ3) is 3.40. The van der Waals surface area contributed by atoms with Gasteiger partial charge in [-0.3, -0.25) is 4.79 Å². The van der Waals surface area contributed by atoms with Crippen LogP contribution in [0, 0.1) is 0 Å². The first-order valence-electron chi connectivity index (χ1n) is 9.56. The molecule has 0 aromatic carbocycles. The summed E-state index contributed by atoms with van der Waals surface area (Å²) in [5.41, 5.74) is 0.0861. The molecule has 0 radical (unpaired) electrons. The summed E-state index contributed by atoms with van der Waals surface area (Å²) in [6.45, 7) is 0.734. The maximum atomic E-state index is 12.8. The molecule has 7 heteroatoms. The molecule has 1 aliphatic carbocycles. The number of carbonyl (C=O) groups excluding carboxylic acids is 1. The molecular weight excluding hydrogens is 332 g/mol. The summed E-state index contributed by atoms with van der Waals surface area (Å²) in [6, 6.07) is 1.83. The Hall–Kier alpha value is -2.15. The molecule has 7 nitrogen and oxygen atoms in total. The lowest BCUT2D eigenvalue weighted by molar-refractivity contribution is 0.0833. The minimum Gasteiger partial charge on any atom is -0.368 e. The van der Waals surface area contributed by atoms with Crippen molar-refractivity contribution in [1.82, 2.24) is 20.0 Å². The second-order valence-corrected chi connectivity index (χ2v) is 7.47. The molecule has 3 heterocycles. The number of ether oxygens (including phenoxy) is 1. The van der Waals surface area contributed by atoms with Crippen LogP contribution in [0.4, 0.5) is 0 Å². The first kappa shape index (κ1) is 17.3. The van der Waals surface area contributed by atoms with Crippen LogP contribution in [0.15, 0.2) is 23.0 Å². The first-order valence-corrected chi connectivity index (χ1v) is 9.56. The van der Waals surface area contributed by atoms with E-state index >= 15 is 0 Å². The van der Waals surface area contributed by atoms with E-state index in [1.54, 1.807) is 0 Å². The van der Waals surface area contributed by atoms with Gasteiger partial charge in [0, 0.05) is 26.0 Å². The Kier molecular flexibility index (Phi) is 4.80. The molecule has 26 heavy (non-hydrogen) atoms. The summed E-state index contributed by atoms with van der Waals surface area (Å²) in [5, 5.41) is 7.51. The Bertz CT molecular complexity index is 752. The summed E-state index contributed by atoms with van der Waals surface area (Å²) in [4.78, 5) is 17.5. The van der Waals surface area contributed by atoms with Gasteiger partial charge in [0.25, 0.3) is 11.8 Å². The van der Waals surface area contributed by atoms with E-state index in [1.165, 1.54) is 12.8 Å². The van der Waals surface area contributed by atoms with Gasteiger partial charge in [-0.15, -0.1) is 0 Å². The summed E-state index contributed by atoms with van der Waals surface area (Å²) in [5.74, 6) is 1.04. The van der Waals surface area contributed by atoms with E-state index in [0.717, 1.165) is 45.1 Å². The van der Waals surface area contributed by atoms with Gasteiger partial charge in [-0.25, -0.2) is 0 Å². The topological polar surface area (TPSA) is 82.2 Å². The van der Waals surface area contributed by atoms with Crippen LogP contribution in [0.5, 0.6) is 0 Å². The van der Waals surface area contributed by atoms with E-state index in [4.69, 9.17) is 9.26 Å². The third-order valence-electron chi connectivity index (χ3n) is 5.48. The van der Waals surface area contributed by atoms with Gasteiger partial charge in [0.1, 0.15) is 11.6 Å². The van der Waals surface area contributed by atoms with Gasteiger partial charge in [0.05, 0.1) is 5.56 Å². The third-order valence-corrected chi connectivity index (χ3v) is 5.48. The first-order chi connectivity index (χ1) is 12.7. The molecule has 0 spiro atoms. The van der Waals surface area contributed by atoms with Crippen LogP contribution in [0.2, 0.25) is 0 Å². The molecule has 0 bridgehead atoms. The summed E-state index contributed by atoms with van der Waals surface area (Å²) in [6.07, 6.45) is 11.6. The van der Waals surface area contributed by atoms with Gasteiger partial charge < -0.3 is 19.1 Å². The van der Waals surface area contributed by atoms with E-state index in [-0.39, 0.29) is 12.0 Å². The van der Waals surface area contributed by atoms with Crippen LogP contribution >= 0.6 is 0 Å². The van der Waals surface area contributed by atoms with Crippen LogP contribution in [0.25, 0.3) is 0 Å². The monoisotopic (exact) mass is 358 g/mol. The van der Waals surface area contributed by atoms with Crippen molar-refractivity contribution in [3.05, 3.63) is 35.7 Å². The number of rotatable bonds is 4. The number of nitrogens with zero attached hydrogens (tertiary/aromatic N) is 3. The number of amides is 1. The molecule has 1 amide bonds. The van der Waals surface area contributed by atoms with Gasteiger partial charge in [-0.05, 0) is 31.7 Å². The average Bonchev–Trinajstić information content (AvgIpc) is 3.36. The Morgan fingerprint density at radius 2 is 2.08 bits per heavy atom. The van der Waals surface area contributed by atoms with Crippen LogP contribution in [-0.4, -0.2) is 27.2 Å². The summed E-state index contributed by atoms with van der Waals surface area (Å²) < 4.78 is 13.1. The number of aryl methyl sites for hydroxylation is 1. The van der Waals surface area contributed by atoms with Crippen LogP contribution in [0.1, 0.15) is 79.5 Å². The maximum Gasteiger partial charge on any atom is 0.255 e. The predicted molar refractivity (Wildman–Crippen MR) is 94.5 cm³/mol. The van der Waals surface area contributed by atoms with Gasteiger partial charge >= 0.3 is 0 Å². The van der Waals surface area contributed by atoms with Crippen molar-refractivity contribution in [2.75, 3.05) is 6.61 Å². The molecule has 140 valence electrons. The fourth-order valence-electron chi connectivity index (χ4n) is 4.00. The second-order valence-electron chi connectivity index (χ2n) is 7.47. The van der Waals surface area contributed by atoms with E-state index in [9.17, 15) is 4.79 Å². The molecular formula is C19H26N4O3. The zero-order chi connectivity index (χ0) is 18.0. The highest BCUT2D eigenvalue weighted by molar-refractivity contribution is 5.94. The van der Waals surface area contributed by atoms with Crippen molar-refractivity contribution >= 4 is 5.91 Å². The predicted octanol–water partition coefficient (Wildman–Crippen LogP) is 3.24. The molecule has 2 fully saturated rings. The zero-order valence-corrected chi connectivity index (χ0v) is 15.2. The molecule has 2 aliphatic rings.